The lowest BCUT2D eigenvalue weighted by Gasteiger charge is -2.23. The standard InChI is InChI=1S/C16H24N6O.ClH/c1-21-13-10-18-15(19-11-6-8-17-9-7-11)20-14(13)22(16(21)23)12-4-2-3-5-12;/h10-12,17H,2-9H2,1H3,(H,18,19,20);1H. The fourth-order valence-electron chi connectivity index (χ4n) is 3.85. The van der Waals surface area contributed by atoms with Crippen LogP contribution in [-0.4, -0.2) is 38.2 Å². The van der Waals surface area contributed by atoms with E-state index in [0.29, 0.717) is 12.0 Å². The van der Waals surface area contributed by atoms with Gasteiger partial charge in [0.25, 0.3) is 0 Å². The molecule has 0 radical (unpaired) electrons. The van der Waals surface area contributed by atoms with Crippen LogP contribution in [0.3, 0.4) is 0 Å². The number of imidazole rings is 1. The van der Waals surface area contributed by atoms with Gasteiger partial charge in [0, 0.05) is 19.1 Å². The first-order chi connectivity index (χ1) is 11.2. The Bertz CT molecular complexity index is 758. The summed E-state index contributed by atoms with van der Waals surface area (Å²) >= 11 is 0. The van der Waals surface area contributed by atoms with Crippen molar-refractivity contribution in [3.63, 3.8) is 0 Å². The summed E-state index contributed by atoms with van der Waals surface area (Å²) in [5.74, 6) is 0.641. The number of nitrogens with one attached hydrogen (secondary N) is 2. The van der Waals surface area contributed by atoms with Crippen LogP contribution in [0.25, 0.3) is 11.2 Å². The summed E-state index contributed by atoms with van der Waals surface area (Å²) < 4.78 is 3.56. The van der Waals surface area contributed by atoms with Gasteiger partial charge in [-0.05, 0) is 38.8 Å². The molecule has 2 aliphatic rings. The van der Waals surface area contributed by atoms with Gasteiger partial charge in [-0.25, -0.2) is 9.78 Å². The second kappa shape index (κ2) is 7.11. The first-order valence-corrected chi connectivity index (χ1v) is 8.65. The first-order valence-electron chi connectivity index (χ1n) is 8.65. The fourth-order valence-corrected chi connectivity index (χ4v) is 3.85. The molecule has 2 N–H and O–H groups in total. The molecule has 3 heterocycles. The highest BCUT2D eigenvalue weighted by atomic mass is 35.5. The van der Waals surface area contributed by atoms with Crippen LogP contribution in [0.5, 0.6) is 0 Å². The third-order valence-corrected chi connectivity index (χ3v) is 5.19. The SMILES string of the molecule is Cl.Cn1c(=O)n(C2CCCC2)c2nc(NC3CCNCC3)ncc21. The number of rotatable bonds is 3. The van der Waals surface area contributed by atoms with E-state index >= 15 is 0 Å². The van der Waals surface area contributed by atoms with E-state index in [9.17, 15) is 4.79 Å². The van der Waals surface area contributed by atoms with Crippen molar-refractivity contribution in [3.8, 4) is 0 Å². The molecule has 2 fully saturated rings. The highest BCUT2D eigenvalue weighted by Gasteiger charge is 2.24. The van der Waals surface area contributed by atoms with Gasteiger partial charge in [0.2, 0.25) is 5.95 Å². The molecule has 0 aromatic carbocycles. The van der Waals surface area contributed by atoms with Gasteiger partial charge in [0.05, 0.1) is 6.20 Å². The monoisotopic (exact) mass is 352 g/mol. The minimum absolute atomic E-state index is 0. The van der Waals surface area contributed by atoms with Gasteiger partial charge in [-0.2, -0.15) is 4.98 Å². The molecule has 0 bridgehead atoms. The summed E-state index contributed by atoms with van der Waals surface area (Å²) in [7, 11) is 1.80. The average Bonchev–Trinajstić information content (AvgIpc) is 3.17. The highest BCUT2D eigenvalue weighted by Crippen LogP contribution is 2.30. The second-order valence-corrected chi connectivity index (χ2v) is 6.72. The number of anilines is 1. The molecular formula is C16H25ClN6O. The zero-order valence-corrected chi connectivity index (χ0v) is 14.8. The summed E-state index contributed by atoms with van der Waals surface area (Å²) in [5.41, 5.74) is 1.62. The van der Waals surface area contributed by atoms with Crippen molar-refractivity contribution in [3.05, 3.63) is 16.7 Å². The Hall–Kier alpha value is -1.60. The van der Waals surface area contributed by atoms with Crippen molar-refractivity contribution in [2.24, 2.45) is 7.05 Å². The van der Waals surface area contributed by atoms with Crippen LogP contribution >= 0.6 is 12.4 Å². The van der Waals surface area contributed by atoms with Crippen molar-refractivity contribution in [1.29, 1.82) is 0 Å². The summed E-state index contributed by atoms with van der Waals surface area (Å²) in [6.07, 6.45) is 8.45. The maximum Gasteiger partial charge on any atom is 0.330 e. The van der Waals surface area contributed by atoms with Crippen LogP contribution in [0.15, 0.2) is 11.0 Å². The molecule has 24 heavy (non-hydrogen) atoms. The van der Waals surface area contributed by atoms with Gasteiger partial charge in [-0.15, -0.1) is 12.4 Å². The number of piperidine rings is 1. The topological polar surface area (TPSA) is 76.8 Å². The molecule has 0 atom stereocenters. The van der Waals surface area contributed by atoms with Gasteiger partial charge < -0.3 is 10.6 Å². The lowest BCUT2D eigenvalue weighted by Crippen LogP contribution is -2.35. The van der Waals surface area contributed by atoms with Crippen LogP contribution in [0.4, 0.5) is 5.95 Å². The van der Waals surface area contributed by atoms with E-state index in [1.54, 1.807) is 17.8 Å². The average molecular weight is 353 g/mol. The van der Waals surface area contributed by atoms with Gasteiger partial charge in [0.15, 0.2) is 5.65 Å². The number of hydrogen-bond donors (Lipinski definition) is 2. The minimum Gasteiger partial charge on any atom is -0.351 e. The third kappa shape index (κ3) is 3.02. The summed E-state index contributed by atoms with van der Waals surface area (Å²) in [5, 5.41) is 6.79. The Morgan fingerprint density at radius 2 is 1.92 bits per heavy atom. The van der Waals surface area contributed by atoms with E-state index in [1.165, 1.54) is 12.8 Å². The van der Waals surface area contributed by atoms with Crippen molar-refractivity contribution >= 4 is 29.5 Å². The molecule has 0 amide bonds. The number of aromatic nitrogens is 4. The number of fused-ring (bicyclic) bond motifs is 1. The maximum atomic E-state index is 12.6. The molecule has 2 aromatic rings. The van der Waals surface area contributed by atoms with Gasteiger partial charge in [-0.3, -0.25) is 9.13 Å². The Balaban J connectivity index is 0.00000169. The predicted octanol–water partition coefficient (Wildman–Crippen LogP) is 1.83. The van der Waals surface area contributed by atoms with E-state index < -0.39 is 0 Å². The van der Waals surface area contributed by atoms with Gasteiger partial charge in [-0.1, -0.05) is 12.8 Å². The molecule has 1 saturated carbocycles. The molecule has 0 spiro atoms. The largest absolute Gasteiger partial charge is 0.351 e. The van der Waals surface area contributed by atoms with Crippen LogP contribution in [0.2, 0.25) is 0 Å². The highest BCUT2D eigenvalue weighted by molar-refractivity contribution is 5.85. The summed E-state index contributed by atoms with van der Waals surface area (Å²) in [6, 6.07) is 0.692. The molecule has 8 heteroatoms. The zero-order valence-electron chi connectivity index (χ0n) is 14.0. The van der Waals surface area contributed by atoms with E-state index in [4.69, 9.17) is 4.98 Å². The molecule has 7 nitrogen and oxygen atoms in total. The molecule has 1 aliphatic heterocycles. The van der Waals surface area contributed by atoms with Crippen LogP contribution in [-0.2, 0) is 7.05 Å². The molecule has 1 saturated heterocycles. The molecule has 1 aliphatic carbocycles. The maximum absolute atomic E-state index is 12.6. The third-order valence-electron chi connectivity index (χ3n) is 5.19. The minimum atomic E-state index is 0. The Morgan fingerprint density at radius 3 is 2.62 bits per heavy atom. The zero-order chi connectivity index (χ0) is 15.8. The van der Waals surface area contributed by atoms with Crippen molar-refractivity contribution in [2.75, 3.05) is 18.4 Å². The molecule has 2 aromatic heterocycles. The van der Waals surface area contributed by atoms with Crippen LogP contribution in [0, 0.1) is 0 Å². The molecular weight excluding hydrogens is 328 g/mol. The van der Waals surface area contributed by atoms with Crippen LogP contribution < -0.4 is 16.3 Å². The number of nitrogens with zero attached hydrogens (tertiary/aromatic N) is 4. The van der Waals surface area contributed by atoms with Crippen LogP contribution in [0.1, 0.15) is 44.6 Å². The van der Waals surface area contributed by atoms with Crippen molar-refractivity contribution < 1.29 is 0 Å². The van der Waals surface area contributed by atoms with Crippen molar-refractivity contribution in [1.82, 2.24) is 24.4 Å². The molecule has 4 rings (SSSR count). The number of halogens is 1. The normalized spacial score (nSPS) is 19.5. The summed E-state index contributed by atoms with van der Waals surface area (Å²) in [4.78, 5) is 21.7. The van der Waals surface area contributed by atoms with Gasteiger partial charge in [0.1, 0.15) is 5.52 Å². The lowest BCUT2D eigenvalue weighted by atomic mass is 10.1. The number of hydrogen-bond acceptors (Lipinski definition) is 5. The van der Waals surface area contributed by atoms with Crippen molar-refractivity contribution in [2.45, 2.75) is 50.6 Å². The lowest BCUT2D eigenvalue weighted by molar-refractivity contribution is 0.477. The smallest absolute Gasteiger partial charge is 0.330 e. The van der Waals surface area contributed by atoms with E-state index in [-0.39, 0.29) is 24.1 Å². The second-order valence-electron chi connectivity index (χ2n) is 6.72. The number of aryl methyl sites for hydroxylation is 1. The molecule has 0 unspecified atom stereocenters. The van der Waals surface area contributed by atoms with E-state index in [1.807, 2.05) is 4.57 Å². The summed E-state index contributed by atoms with van der Waals surface area (Å²) in [6.45, 7) is 2.05. The Kier molecular flexibility index (Phi) is 5.10. The Morgan fingerprint density at radius 1 is 1.21 bits per heavy atom. The van der Waals surface area contributed by atoms with Gasteiger partial charge >= 0.3 is 5.69 Å². The molecule has 132 valence electrons. The Labute approximate surface area is 147 Å². The first kappa shape index (κ1) is 17.2. The van der Waals surface area contributed by atoms with E-state index in [0.717, 1.165) is 49.9 Å². The quantitative estimate of drug-likeness (QED) is 0.881. The van der Waals surface area contributed by atoms with E-state index in [2.05, 4.69) is 15.6 Å². The fraction of sp³-hybridized carbons (Fsp3) is 0.688. The predicted molar refractivity (Wildman–Crippen MR) is 97.0 cm³/mol.